The number of hydrogen-bond acceptors (Lipinski definition) is 4. The topological polar surface area (TPSA) is 85.1 Å². The normalized spacial score (nSPS) is 10.2. The molecule has 2 aromatic rings. The van der Waals surface area contributed by atoms with E-state index in [4.69, 9.17) is 11.6 Å². The first-order valence-electron chi connectivity index (χ1n) is 5.76. The Bertz CT molecular complexity index is 737. The van der Waals surface area contributed by atoms with E-state index in [1.54, 1.807) is 6.92 Å². The van der Waals surface area contributed by atoms with Crippen molar-refractivity contribution in [3.8, 4) is 0 Å². The van der Waals surface area contributed by atoms with Crippen molar-refractivity contribution in [3.63, 3.8) is 0 Å². The molecule has 0 bridgehead atoms. The summed E-state index contributed by atoms with van der Waals surface area (Å²) in [5.41, 5.74) is 0.611. The van der Waals surface area contributed by atoms with Gasteiger partial charge in [-0.05, 0) is 24.6 Å². The summed E-state index contributed by atoms with van der Waals surface area (Å²) in [7, 11) is 0. The van der Waals surface area contributed by atoms with Crippen molar-refractivity contribution in [1.29, 1.82) is 0 Å². The smallest absolute Gasteiger partial charge is 0.288 e. The summed E-state index contributed by atoms with van der Waals surface area (Å²) in [5, 5.41) is 13.2. The van der Waals surface area contributed by atoms with Crippen molar-refractivity contribution in [1.82, 2.24) is 4.98 Å². The number of amides is 1. The van der Waals surface area contributed by atoms with E-state index in [1.807, 2.05) is 0 Å². The highest BCUT2D eigenvalue weighted by atomic mass is 35.5. The summed E-state index contributed by atoms with van der Waals surface area (Å²) in [5.74, 6) is -1.34. The number of benzene rings is 1. The number of anilines is 1. The largest absolute Gasteiger partial charge is 0.322 e. The Morgan fingerprint density at radius 2 is 2.14 bits per heavy atom. The number of aryl methyl sites for hydroxylation is 1. The molecule has 21 heavy (non-hydrogen) atoms. The van der Waals surface area contributed by atoms with Gasteiger partial charge in [-0.2, -0.15) is 4.39 Å². The van der Waals surface area contributed by atoms with E-state index in [2.05, 4.69) is 10.3 Å². The average Bonchev–Trinajstić information content (AvgIpc) is 2.42. The van der Waals surface area contributed by atoms with Crippen LogP contribution in [-0.4, -0.2) is 15.8 Å². The van der Waals surface area contributed by atoms with Crippen molar-refractivity contribution >= 4 is 28.9 Å². The fourth-order valence-electron chi connectivity index (χ4n) is 1.68. The number of pyridine rings is 1. The van der Waals surface area contributed by atoms with Gasteiger partial charge in [0.2, 0.25) is 5.95 Å². The fraction of sp³-hybridized carbons (Fsp3) is 0.0769. The van der Waals surface area contributed by atoms with Gasteiger partial charge in [-0.25, -0.2) is 4.98 Å². The van der Waals surface area contributed by atoms with Crippen LogP contribution in [0.5, 0.6) is 0 Å². The van der Waals surface area contributed by atoms with Gasteiger partial charge in [-0.1, -0.05) is 11.6 Å². The Hall–Kier alpha value is -2.54. The van der Waals surface area contributed by atoms with Crippen LogP contribution in [0.25, 0.3) is 0 Å². The van der Waals surface area contributed by atoms with Gasteiger partial charge >= 0.3 is 0 Å². The molecule has 1 amide bonds. The van der Waals surface area contributed by atoms with Gasteiger partial charge in [-0.3, -0.25) is 14.9 Å². The molecule has 1 aromatic heterocycles. The second kappa shape index (κ2) is 5.84. The Morgan fingerprint density at radius 3 is 2.76 bits per heavy atom. The fourth-order valence-corrected chi connectivity index (χ4v) is 1.91. The van der Waals surface area contributed by atoms with Gasteiger partial charge in [0.1, 0.15) is 5.02 Å². The van der Waals surface area contributed by atoms with Gasteiger partial charge in [0.05, 0.1) is 4.92 Å². The van der Waals surface area contributed by atoms with Crippen LogP contribution in [-0.2, 0) is 0 Å². The monoisotopic (exact) mass is 309 g/mol. The minimum absolute atomic E-state index is 0.0800. The van der Waals surface area contributed by atoms with E-state index < -0.39 is 16.8 Å². The minimum atomic E-state index is -0.777. The van der Waals surface area contributed by atoms with Gasteiger partial charge in [0.25, 0.3) is 11.6 Å². The molecule has 0 radical (unpaired) electrons. The molecule has 0 saturated heterocycles. The molecule has 0 aliphatic carbocycles. The maximum absolute atomic E-state index is 13.0. The molecule has 0 aliphatic rings. The quantitative estimate of drug-likeness (QED) is 0.535. The van der Waals surface area contributed by atoms with Crippen molar-refractivity contribution in [2.75, 3.05) is 5.32 Å². The third-order valence-electron chi connectivity index (χ3n) is 2.73. The maximum atomic E-state index is 13.0. The predicted octanol–water partition coefficient (Wildman–Crippen LogP) is 3.34. The Balaban J connectivity index is 2.30. The number of halogens is 2. The van der Waals surface area contributed by atoms with Gasteiger partial charge in [0.15, 0.2) is 0 Å². The lowest BCUT2D eigenvalue weighted by atomic mass is 10.1. The van der Waals surface area contributed by atoms with E-state index in [-0.39, 0.29) is 16.3 Å². The maximum Gasteiger partial charge on any atom is 0.288 e. The molecule has 1 aromatic carbocycles. The molecule has 108 valence electrons. The van der Waals surface area contributed by atoms with E-state index in [0.29, 0.717) is 11.3 Å². The number of nitro benzene ring substituents is 1. The summed E-state index contributed by atoms with van der Waals surface area (Å²) in [6.07, 6.45) is 1.17. The highest BCUT2D eigenvalue weighted by Gasteiger charge is 2.16. The molecule has 0 atom stereocenters. The summed E-state index contributed by atoms with van der Waals surface area (Å²) in [6, 6.07) is 4.87. The first-order valence-corrected chi connectivity index (χ1v) is 6.13. The summed E-state index contributed by atoms with van der Waals surface area (Å²) < 4.78 is 13.0. The minimum Gasteiger partial charge on any atom is -0.322 e. The number of hydrogen-bond donors (Lipinski definition) is 1. The third-order valence-corrected chi connectivity index (χ3v) is 3.03. The van der Waals surface area contributed by atoms with Crippen LogP contribution < -0.4 is 5.32 Å². The van der Waals surface area contributed by atoms with Crippen molar-refractivity contribution in [2.45, 2.75) is 6.92 Å². The molecule has 1 N–H and O–H groups in total. The van der Waals surface area contributed by atoms with E-state index in [1.165, 1.54) is 24.4 Å². The summed E-state index contributed by atoms with van der Waals surface area (Å²) in [6.45, 7) is 1.59. The van der Waals surface area contributed by atoms with E-state index >= 15 is 0 Å². The van der Waals surface area contributed by atoms with Crippen LogP contribution >= 0.6 is 11.6 Å². The van der Waals surface area contributed by atoms with E-state index in [0.717, 1.165) is 6.07 Å². The standard InChI is InChI=1S/C13H9ClFN3O3/c1-7-4-11(18(20)21)9(14)6-10(7)17-13(19)8-2-3-16-12(15)5-8/h2-6H,1H3,(H,17,19). The third kappa shape index (κ3) is 3.32. The SMILES string of the molecule is Cc1cc([N+](=O)[O-])c(Cl)cc1NC(=O)c1ccnc(F)c1. The number of nitrogens with one attached hydrogen (secondary N) is 1. The number of nitrogens with zero attached hydrogens (tertiary/aromatic N) is 2. The number of aromatic nitrogens is 1. The molecular weight excluding hydrogens is 301 g/mol. The molecule has 8 heteroatoms. The Labute approximate surface area is 123 Å². The van der Waals surface area contributed by atoms with Crippen molar-refractivity contribution in [2.24, 2.45) is 0 Å². The number of rotatable bonds is 3. The molecular formula is C13H9ClFN3O3. The molecule has 6 nitrogen and oxygen atoms in total. The van der Waals surface area contributed by atoms with E-state index in [9.17, 15) is 19.3 Å². The number of carbonyl (C=O) groups is 1. The zero-order valence-electron chi connectivity index (χ0n) is 10.8. The molecule has 0 fully saturated rings. The average molecular weight is 310 g/mol. The lowest BCUT2D eigenvalue weighted by Gasteiger charge is -2.09. The Kier molecular flexibility index (Phi) is 4.13. The van der Waals surface area contributed by atoms with Crippen LogP contribution in [0, 0.1) is 23.0 Å². The Morgan fingerprint density at radius 1 is 1.43 bits per heavy atom. The second-order valence-corrected chi connectivity index (χ2v) is 4.60. The summed E-state index contributed by atoms with van der Waals surface area (Å²) >= 11 is 5.79. The van der Waals surface area contributed by atoms with Crippen molar-refractivity contribution in [3.05, 3.63) is 62.7 Å². The zero-order valence-corrected chi connectivity index (χ0v) is 11.5. The first kappa shape index (κ1) is 14.9. The lowest BCUT2D eigenvalue weighted by Crippen LogP contribution is -2.13. The molecule has 1 heterocycles. The highest BCUT2D eigenvalue weighted by Crippen LogP contribution is 2.30. The van der Waals surface area contributed by atoms with Crippen LogP contribution in [0.15, 0.2) is 30.5 Å². The van der Waals surface area contributed by atoms with Gasteiger partial charge in [-0.15, -0.1) is 0 Å². The van der Waals surface area contributed by atoms with Gasteiger partial charge in [0, 0.05) is 29.6 Å². The van der Waals surface area contributed by atoms with Crippen LogP contribution in [0.1, 0.15) is 15.9 Å². The zero-order chi connectivity index (χ0) is 15.6. The summed E-state index contributed by atoms with van der Waals surface area (Å²) in [4.78, 5) is 25.5. The molecule has 0 aliphatic heterocycles. The molecule has 0 saturated carbocycles. The van der Waals surface area contributed by atoms with Crippen LogP contribution in [0.3, 0.4) is 0 Å². The second-order valence-electron chi connectivity index (χ2n) is 4.20. The van der Waals surface area contributed by atoms with Gasteiger partial charge < -0.3 is 5.32 Å². The molecule has 2 rings (SSSR count). The lowest BCUT2D eigenvalue weighted by molar-refractivity contribution is -0.384. The number of nitro groups is 1. The van der Waals surface area contributed by atoms with Crippen molar-refractivity contribution < 1.29 is 14.1 Å². The van der Waals surface area contributed by atoms with Crippen LogP contribution in [0.2, 0.25) is 5.02 Å². The predicted molar refractivity (Wildman–Crippen MR) is 75.0 cm³/mol. The molecule has 0 unspecified atom stereocenters. The molecule has 0 spiro atoms. The first-order chi connectivity index (χ1) is 9.88. The number of carbonyl (C=O) groups excluding carboxylic acids is 1. The highest BCUT2D eigenvalue weighted by molar-refractivity contribution is 6.33. The van der Waals surface area contributed by atoms with Crippen LogP contribution in [0.4, 0.5) is 15.8 Å².